The number of thioether (sulfide) groups is 1. The zero-order chi connectivity index (χ0) is 28.6. The normalized spacial score (nSPS) is 22.3. The molecule has 13 heteroatoms. The number of phenolic OH excluding ortho intramolecular Hbond substituents is 2. The molecule has 1 unspecified atom stereocenters. The highest BCUT2D eigenvalue weighted by atomic mass is 32.2. The second kappa shape index (κ2) is 8.71. The van der Waals surface area contributed by atoms with E-state index in [0.29, 0.717) is 16.9 Å². The molecule has 5 rings (SSSR count). The summed E-state index contributed by atoms with van der Waals surface area (Å²) in [5.74, 6) is -6.95. The summed E-state index contributed by atoms with van der Waals surface area (Å²) in [5.41, 5.74) is 7.55. The molecule has 2 aliphatic rings. The lowest BCUT2D eigenvalue weighted by Crippen LogP contribution is -2.64. The third-order valence-corrected chi connectivity index (χ3v) is 10.2. The van der Waals surface area contributed by atoms with Crippen LogP contribution >= 0.6 is 23.1 Å². The maximum absolute atomic E-state index is 13.8. The number of nitrogens with two attached hydrogens (primary N) is 2. The van der Waals surface area contributed by atoms with E-state index in [1.54, 1.807) is 44.2 Å². The summed E-state index contributed by atoms with van der Waals surface area (Å²) >= 11 is 1.88. The lowest BCUT2D eigenvalue weighted by atomic mass is 9.75. The lowest BCUT2D eigenvalue weighted by molar-refractivity contribution is -0.169. The van der Waals surface area contributed by atoms with Gasteiger partial charge in [-0.2, -0.15) is 0 Å². The topological polar surface area (TPSA) is 201 Å². The molecule has 39 heavy (non-hydrogen) atoms. The Kier molecular flexibility index (Phi) is 5.92. The fourth-order valence-electron chi connectivity index (χ4n) is 5.65. The molecule has 7 N–H and O–H groups in total. The fraction of sp³-hybridized carbons (Fsp3) is 0.269. The monoisotopic (exact) mass is 569 g/mol. The first-order chi connectivity index (χ1) is 18.3. The van der Waals surface area contributed by atoms with Gasteiger partial charge in [0.25, 0.3) is 5.91 Å². The third-order valence-electron chi connectivity index (χ3n) is 7.35. The second-order valence-corrected chi connectivity index (χ2v) is 12.7. The van der Waals surface area contributed by atoms with Crippen LogP contribution in [0.15, 0.2) is 41.2 Å². The van der Waals surface area contributed by atoms with E-state index in [0.717, 1.165) is 11.0 Å². The number of benzene rings is 2. The van der Waals surface area contributed by atoms with Gasteiger partial charge >= 0.3 is 5.97 Å². The predicted molar refractivity (Wildman–Crippen MR) is 144 cm³/mol. The number of carbonyl (C=O) groups is 4. The molecule has 2 aliphatic heterocycles. The number of fused-ring (bicyclic) bond motifs is 2. The number of primary amides is 2. The number of rotatable bonds is 6. The largest absolute Gasteiger partial charge is 0.504 e. The number of carbonyl (C=O) groups excluding carboxylic acids is 3. The highest BCUT2D eigenvalue weighted by molar-refractivity contribution is 8.01. The SMILES string of the molecule is CC1(C)S[C@@H]2CC(=O)N2[C@@]1(C(=O)O)c1cc2c(=O)c(C(N)=O)c(C(C(N)=O)c3ccccc3)sc2c(O)c1O. The van der Waals surface area contributed by atoms with Gasteiger partial charge < -0.3 is 31.7 Å². The number of carboxylic acid groups (broad SMARTS) is 1. The number of aliphatic carboxylic acids is 1. The van der Waals surface area contributed by atoms with Gasteiger partial charge in [-0.15, -0.1) is 23.1 Å². The Balaban J connectivity index is 1.88. The number of phenols is 2. The molecular weight excluding hydrogens is 546 g/mol. The molecule has 3 aromatic rings. The average molecular weight is 570 g/mol. The second-order valence-electron chi connectivity index (χ2n) is 9.85. The van der Waals surface area contributed by atoms with Crippen LogP contribution in [0, 0.1) is 0 Å². The van der Waals surface area contributed by atoms with Crippen LogP contribution in [0.1, 0.15) is 52.5 Å². The van der Waals surface area contributed by atoms with Gasteiger partial charge in [0.05, 0.1) is 27.2 Å². The van der Waals surface area contributed by atoms with Gasteiger partial charge in [-0.3, -0.25) is 19.2 Å². The predicted octanol–water partition coefficient (Wildman–Crippen LogP) is 1.75. The summed E-state index contributed by atoms with van der Waals surface area (Å²) in [6.45, 7) is 3.18. The van der Waals surface area contributed by atoms with Gasteiger partial charge in [0.1, 0.15) is 5.56 Å². The minimum atomic E-state index is -2.14. The standard InChI is InChI=1S/C26H23N3O8S2/c1-25(2)26(24(36)37,29-13(30)9-14(29)39-25)12-8-11-17(31)16(23(28)35)21(38-20(11)19(33)18(12)32)15(22(27)34)10-6-4-3-5-7-10/h3-8,14-15,32-33H,9H2,1-2H3,(H2,27,34)(H2,28,35)(H,36,37)/t14-,15?,26-/m1/s1. The van der Waals surface area contributed by atoms with E-state index >= 15 is 0 Å². The molecule has 1 aromatic heterocycles. The van der Waals surface area contributed by atoms with Crippen LogP contribution in [0.5, 0.6) is 11.5 Å². The van der Waals surface area contributed by atoms with Crippen molar-refractivity contribution in [3.8, 4) is 11.5 Å². The summed E-state index contributed by atoms with van der Waals surface area (Å²) in [6.07, 6.45) is 0.0987. The van der Waals surface area contributed by atoms with E-state index in [4.69, 9.17) is 11.5 Å². The van der Waals surface area contributed by atoms with Crippen molar-refractivity contribution in [3.05, 3.63) is 68.2 Å². The molecule has 2 saturated heterocycles. The van der Waals surface area contributed by atoms with E-state index in [1.165, 1.54) is 11.8 Å². The van der Waals surface area contributed by atoms with Crippen LogP contribution in [0.3, 0.4) is 0 Å². The number of β-lactam (4-membered cyclic amide) rings is 1. The van der Waals surface area contributed by atoms with Crippen molar-refractivity contribution in [2.24, 2.45) is 11.5 Å². The molecule has 0 spiro atoms. The zero-order valence-corrected chi connectivity index (χ0v) is 22.3. The molecule has 3 atom stereocenters. The lowest BCUT2D eigenvalue weighted by Gasteiger charge is -2.46. The van der Waals surface area contributed by atoms with Crippen LogP contribution in [0.2, 0.25) is 0 Å². The molecule has 0 bridgehead atoms. The molecule has 3 amide bonds. The zero-order valence-electron chi connectivity index (χ0n) is 20.6. The van der Waals surface area contributed by atoms with E-state index in [9.17, 15) is 39.3 Å². The van der Waals surface area contributed by atoms with Gasteiger partial charge in [-0.05, 0) is 25.5 Å². The number of hydrogen-bond donors (Lipinski definition) is 5. The number of hydrogen-bond acceptors (Lipinski definition) is 9. The molecule has 11 nitrogen and oxygen atoms in total. The van der Waals surface area contributed by atoms with Crippen LogP contribution < -0.4 is 16.9 Å². The van der Waals surface area contributed by atoms with Crippen molar-refractivity contribution in [3.63, 3.8) is 0 Å². The summed E-state index contributed by atoms with van der Waals surface area (Å²) < 4.78 is -1.41. The van der Waals surface area contributed by atoms with Crippen LogP contribution in [0.4, 0.5) is 0 Å². The van der Waals surface area contributed by atoms with Gasteiger partial charge in [0.15, 0.2) is 17.0 Å². The van der Waals surface area contributed by atoms with E-state index < -0.39 is 67.8 Å². The maximum atomic E-state index is 13.8. The Hall–Kier alpha value is -4.10. The maximum Gasteiger partial charge on any atom is 0.336 e. The molecule has 0 saturated carbocycles. The first kappa shape index (κ1) is 26.5. The Morgan fingerprint density at radius 3 is 2.26 bits per heavy atom. The van der Waals surface area contributed by atoms with Crippen molar-refractivity contribution in [2.75, 3.05) is 0 Å². The van der Waals surface area contributed by atoms with Crippen molar-refractivity contribution < 1.29 is 34.5 Å². The molecule has 202 valence electrons. The Morgan fingerprint density at radius 2 is 1.72 bits per heavy atom. The summed E-state index contributed by atoms with van der Waals surface area (Å²) in [6, 6.07) is 9.17. The summed E-state index contributed by atoms with van der Waals surface area (Å²) in [7, 11) is 0. The van der Waals surface area contributed by atoms with Gasteiger partial charge in [-0.25, -0.2) is 4.79 Å². The highest BCUT2D eigenvalue weighted by Crippen LogP contribution is 2.63. The Labute approximate surface area is 229 Å². The van der Waals surface area contributed by atoms with Crippen molar-refractivity contribution >= 4 is 56.9 Å². The summed E-state index contributed by atoms with van der Waals surface area (Å²) in [5, 5.41) is 32.1. The van der Waals surface area contributed by atoms with Gasteiger partial charge in [-0.1, -0.05) is 30.3 Å². The molecule has 2 fully saturated rings. The van der Waals surface area contributed by atoms with Crippen molar-refractivity contribution in [2.45, 2.75) is 41.8 Å². The Bertz CT molecular complexity index is 1670. The van der Waals surface area contributed by atoms with Crippen LogP contribution in [-0.4, -0.2) is 54.0 Å². The van der Waals surface area contributed by atoms with Crippen molar-refractivity contribution in [1.82, 2.24) is 4.90 Å². The van der Waals surface area contributed by atoms with E-state index in [2.05, 4.69) is 0 Å². The molecule has 0 aliphatic carbocycles. The number of amides is 3. The average Bonchev–Trinajstić information content (AvgIpc) is 3.04. The first-order valence-electron chi connectivity index (χ1n) is 11.7. The van der Waals surface area contributed by atoms with Gasteiger partial charge in [0, 0.05) is 15.8 Å². The third kappa shape index (κ3) is 3.46. The molecular formula is C26H23N3O8S2. The first-order valence-corrected chi connectivity index (χ1v) is 13.4. The number of carboxylic acids is 1. The fourth-order valence-corrected chi connectivity index (χ4v) is 8.75. The van der Waals surface area contributed by atoms with Gasteiger partial charge in [0.2, 0.25) is 17.2 Å². The minimum Gasteiger partial charge on any atom is -0.504 e. The molecule has 3 heterocycles. The van der Waals surface area contributed by atoms with Crippen LogP contribution in [-0.2, 0) is 19.9 Å². The summed E-state index contributed by atoms with van der Waals surface area (Å²) in [4.78, 5) is 65.4. The van der Waals surface area contributed by atoms with E-state index in [-0.39, 0.29) is 26.9 Å². The van der Waals surface area contributed by atoms with E-state index in [1.807, 2.05) is 0 Å². The molecule has 0 radical (unpaired) electrons. The smallest absolute Gasteiger partial charge is 0.336 e. The Morgan fingerprint density at radius 1 is 1.08 bits per heavy atom. The van der Waals surface area contributed by atoms with Crippen LogP contribution in [0.25, 0.3) is 10.1 Å². The number of aromatic hydroxyl groups is 2. The minimum absolute atomic E-state index is 0.0987. The molecule has 2 aromatic carbocycles. The quantitative estimate of drug-likeness (QED) is 0.216. The van der Waals surface area contributed by atoms with Crippen molar-refractivity contribution in [1.29, 1.82) is 0 Å². The highest BCUT2D eigenvalue weighted by Gasteiger charge is 2.71. The number of nitrogens with zero attached hydrogens (tertiary/aromatic N) is 1.